The van der Waals surface area contributed by atoms with Gasteiger partial charge in [-0.25, -0.2) is 0 Å². The van der Waals surface area contributed by atoms with Crippen molar-refractivity contribution in [2.45, 2.75) is 65.5 Å². The molecule has 1 saturated carbocycles. The molecule has 0 aliphatic heterocycles. The van der Waals surface area contributed by atoms with Crippen LogP contribution in [-0.2, 0) is 4.79 Å². The van der Waals surface area contributed by atoms with Crippen molar-refractivity contribution >= 4 is 5.91 Å². The molecule has 0 bridgehead atoms. The molecule has 1 rings (SSSR count). The Hall–Kier alpha value is -0.570. The summed E-state index contributed by atoms with van der Waals surface area (Å²) in [5.74, 6) is 1.69. The first kappa shape index (κ1) is 14.5. The van der Waals surface area contributed by atoms with E-state index in [0.717, 1.165) is 31.1 Å². The van der Waals surface area contributed by atoms with Crippen molar-refractivity contribution in [2.24, 2.45) is 11.8 Å². The Morgan fingerprint density at radius 1 is 1.29 bits per heavy atom. The fourth-order valence-electron chi connectivity index (χ4n) is 2.37. The zero-order valence-corrected chi connectivity index (χ0v) is 11.8. The van der Waals surface area contributed by atoms with Crippen molar-refractivity contribution in [2.75, 3.05) is 6.54 Å². The SMILES string of the molecule is CCC(C)NCC(=O)NC1CCC(C)C(C)C1. The van der Waals surface area contributed by atoms with Gasteiger partial charge in [0.25, 0.3) is 0 Å². The van der Waals surface area contributed by atoms with Crippen LogP contribution in [0.2, 0.25) is 0 Å². The summed E-state index contributed by atoms with van der Waals surface area (Å²) in [5, 5.41) is 6.38. The number of hydrogen-bond acceptors (Lipinski definition) is 2. The van der Waals surface area contributed by atoms with Crippen LogP contribution in [0.5, 0.6) is 0 Å². The smallest absolute Gasteiger partial charge is 0.234 e. The minimum atomic E-state index is 0.150. The van der Waals surface area contributed by atoms with Gasteiger partial charge in [-0.3, -0.25) is 4.79 Å². The standard InChI is InChI=1S/C14H28N2O/c1-5-12(4)15-9-14(17)16-13-7-6-10(2)11(3)8-13/h10-13,15H,5-9H2,1-4H3,(H,16,17). The molecule has 3 nitrogen and oxygen atoms in total. The van der Waals surface area contributed by atoms with Crippen LogP contribution in [0.4, 0.5) is 0 Å². The van der Waals surface area contributed by atoms with E-state index < -0.39 is 0 Å². The molecule has 2 N–H and O–H groups in total. The maximum Gasteiger partial charge on any atom is 0.234 e. The first-order valence-electron chi connectivity index (χ1n) is 7.05. The van der Waals surface area contributed by atoms with Crippen LogP contribution in [0.15, 0.2) is 0 Å². The lowest BCUT2D eigenvalue weighted by atomic mass is 9.79. The maximum absolute atomic E-state index is 11.7. The highest BCUT2D eigenvalue weighted by Crippen LogP contribution is 2.29. The monoisotopic (exact) mass is 240 g/mol. The van der Waals surface area contributed by atoms with E-state index in [0.29, 0.717) is 18.6 Å². The van der Waals surface area contributed by atoms with Crippen molar-refractivity contribution in [3.05, 3.63) is 0 Å². The van der Waals surface area contributed by atoms with E-state index in [4.69, 9.17) is 0 Å². The highest BCUT2D eigenvalue weighted by atomic mass is 16.1. The number of carbonyl (C=O) groups excluding carboxylic acids is 1. The van der Waals surface area contributed by atoms with E-state index in [9.17, 15) is 4.79 Å². The van der Waals surface area contributed by atoms with Crippen molar-refractivity contribution < 1.29 is 4.79 Å². The molecule has 0 radical (unpaired) electrons. The number of hydrogen-bond donors (Lipinski definition) is 2. The molecule has 0 aromatic heterocycles. The van der Waals surface area contributed by atoms with Crippen LogP contribution in [0.25, 0.3) is 0 Å². The summed E-state index contributed by atoms with van der Waals surface area (Å²) >= 11 is 0. The Morgan fingerprint density at radius 3 is 2.59 bits per heavy atom. The van der Waals surface area contributed by atoms with Gasteiger partial charge in [0.05, 0.1) is 6.54 Å². The molecule has 1 amide bonds. The summed E-state index contributed by atoms with van der Waals surface area (Å²) in [6, 6.07) is 0.818. The highest BCUT2D eigenvalue weighted by Gasteiger charge is 2.25. The van der Waals surface area contributed by atoms with Crippen molar-refractivity contribution in [3.63, 3.8) is 0 Å². The molecule has 1 fully saturated rings. The molecular weight excluding hydrogens is 212 g/mol. The van der Waals surface area contributed by atoms with Gasteiger partial charge in [-0.15, -0.1) is 0 Å². The maximum atomic E-state index is 11.7. The molecule has 0 saturated heterocycles. The van der Waals surface area contributed by atoms with E-state index in [1.165, 1.54) is 6.42 Å². The molecule has 0 aromatic rings. The molecule has 100 valence electrons. The van der Waals surface area contributed by atoms with Crippen LogP contribution in [0.3, 0.4) is 0 Å². The third-order valence-electron chi connectivity index (χ3n) is 4.19. The summed E-state index contributed by atoms with van der Waals surface area (Å²) in [6.45, 7) is 9.29. The van der Waals surface area contributed by atoms with Gasteiger partial charge in [0.15, 0.2) is 0 Å². The van der Waals surface area contributed by atoms with Gasteiger partial charge < -0.3 is 10.6 Å². The molecule has 17 heavy (non-hydrogen) atoms. The Labute approximate surface area is 106 Å². The predicted molar refractivity (Wildman–Crippen MR) is 71.9 cm³/mol. The van der Waals surface area contributed by atoms with Gasteiger partial charge in [0.2, 0.25) is 5.91 Å². The van der Waals surface area contributed by atoms with Gasteiger partial charge in [-0.1, -0.05) is 20.8 Å². The predicted octanol–water partition coefficient (Wildman–Crippen LogP) is 2.32. The molecule has 3 heteroatoms. The number of rotatable bonds is 5. The lowest BCUT2D eigenvalue weighted by Gasteiger charge is -2.32. The van der Waals surface area contributed by atoms with E-state index in [-0.39, 0.29) is 5.91 Å². The lowest BCUT2D eigenvalue weighted by molar-refractivity contribution is -0.121. The summed E-state index contributed by atoms with van der Waals surface area (Å²) in [6.07, 6.45) is 4.58. The zero-order chi connectivity index (χ0) is 12.8. The molecule has 4 unspecified atom stereocenters. The Bertz CT molecular complexity index is 242. The molecular formula is C14H28N2O. The van der Waals surface area contributed by atoms with Gasteiger partial charge >= 0.3 is 0 Å². The van der Waals surface area contributed by atoms with Gasteiger partial charge in [0, 0.05) is 12.1 Å². The van der Waals surface area contributed by atoms with Gasteiger partial charge in [-0.05, 0) is 44.4 Å². The van der Waals surface area contributed by atoms with E-state index >= 15 is 0 Å². The summed E-state index contributed by atoms with van der Waals surface area (Å²) in [7, 11) is 0. The topological polar surface area (TPSA) is 41.1 Å². The quantitative estimate of drug-likeness (QED) is 0.774. The van der Waals surface area contributed by atoms with Crippen LogP contribution >= 0.6 is 0 Å². The summed E-state index contributed by atoms with van der Waals surface area (Å²) < 4.78 is 0. The second-order valence-electron chi connectivity index (χ2n) is 5.72. The third-order valence-corrected chi connectivity index (χ3v) is 4.19. The highest BCUT2D eigenvalue weighted by molar-refractivity contribution is 5.78. The minimum absolute atomic E-state index is 0.150. The first-order chi connectivity index (χ1) is 8.02. The zero-order valence-electron chi connectivity index (χ0n) is 11.8. The average Bonchev–Trinajstić information content (AvgIpc) is 2.31. The Balaban J connectivity index is 2.22. The average molecular weight is 240 g/mol. The molecule has 1 aliphatic carbocycles. The third kappa shape index (κ3) is 5.07. The van der Waals surface area contributed by atoms with E-state index in [2.05, 4.69) is 38.3 Å². The number of carbonyl (C=O) groups is 1. The normalized spacial score (nSPS) is 30.9. The van der Waals surface area contributed by atoms with Crippen LogP contribution in [0, 0.1) is 11.8 Å². The minimum Gasteiger partial charge on any atom is -0.352 e. The van der Waals surface area contributed by atoms with Crippen molar-refractivity contribution in [3.8, 4) is 0 Å². The lowest BCUT2D eigenvalue weighted by Crippen LogP contribution is -2.44. The Kier molecular flexibility index (Phi) is 5.96. The molecule has 4 atom stereocenters. The molecule has 1 aliphatic rings. The fraction of sp³-hybridized carbons (Fsp3) is 0.929. The van der Waals surface area contributed by atoms with Gasteiger partial charge in [-0.2, -0.15) is 0 Å². The first-order valence-corrected chi connectivity index (χ1v) is 7.05. The van der Waals surface area contributed by atoms with E-state index in [1.54, 1.807) is 0 Å². The van der Waals surface area contributed by atoms with Crippen LogP contribution in [0.1, 0.15) is 53.4 Å². The van der Waals surface area contributed by atoms with Gasteiger partial charge in [0.1, 0.15) is 0 Å². The summed E-state index contributed by atoms with van der Waals surface area (Å²) in [4.78, 5) is 11.7. The van der Waals surface area contributed by atoms with Crippen LogP contribution in [-0.4, -0.2) is 24.5 Å². The molecule has 0 spiro atoms. The van der Waals surface area contributed by atoms with Crippen molar-refractivity contribution in [1.29, 1.82) is 0 Å². The second-order valence-corrected chi connectivity index (χ2v) is 5.72. The number of amides is 1. The second kappa shape index (κ2) is 7.00. The van der Waals surface area contributed by atoms with E-state index in [1.807, 2.05) is 0 Å². The van der Waals surface area contributed by atoms with Crippen LogP contribution < -0.4 is 10.6 Å². The number of nitrogens with one attached hydrogen (secondary N) is 2. The molecule has 0 heterocycles. The summed E-state index contributed by atoms with van der Waals surface area (Å²) in [5.41, 5.74) is 0. The van der Waals surface area contributed by atoms with Crippen molar-refractivity contribution in [1.82, 2.24) is 10.6 Å². The Morgan fingerprint density at radius 2 is 2.00 bits per heavy atom. The fourth-order valence-corrected chi connectivity index (χ4v) is 2.37. The largest absolute Gasteiger partial charge is 0.352 e. The molecule has 0 aromatic carbocycles.